The van der Waals surface area contributed by atoms with Crippen LogP contribution in [0, 0.1) is 12.3 Å². The van der Waals surface area contributed by atoms with Crippen LogP contribution in [0.15, 0.2) is 29.4 Å². The van der Waals surface area contributed by atoms with Crippen molar-refractivity contribution in [3.05, 3.63) is 35.4 Å². The van der Waals surface area contributed by atoms with Gasteiger partial charge in [0, 0.05) is 24.1 Å². The van der Waals surface area contributed by atoms with Crippen LogP contribution in [-0.2, 0) is 6.54 Å². The van der Waals surface area contributed by atoms with Crippen molar-refractivity contribution in [2.75, 3.05) is 0 Å². The SMILES string of the molecule is Cc1ccc(CNC(=S)N2N=C(C(C)(C)C)CC2(O)C(F)(F)F)cc1. The molecular formula is C17H22F3N3OS. The van der Waals surface area contributed by atoms with Crippen molar-refractivity contribution < 1.29 is 18.3 Å². The normalized spacial score (nSPS) is 21.3. The highest BCUT2D eigenvalue weighted by molar-refractivity contribution is 7.80. The van der Waals surface area contributed by atoms with Crippen LogP contribution in [0.25, 0.3) is 0 Å². The minimum absolute atomic E-state index is 0.240. The Morgan fingerprint density at radius 1 is 1.28 bits per heavy atom. The highest BCUT2D eigenvalue weighted by Crippen LogP contribution is 2.43. The van der Waals surface area contributed by atoms with Crippen molar-refractivity contribution in [3.63, 3.8) is 0 Å². The van der Waals surface area contributed by atoms with Gasteiger partial charge in [-0.1, -0.05) is 50.6 Å². The zero-order chi connectivity index (χ0) is 19.0. The zero-order valence-electron chi connectivity index (χ0n) is 14.6. The first kappa shape index (κ1) is 19.7. The number of hydrazone groups is 1. The fraction of sp³-hybridized carbons (Fsp3) is 0.529. The van der Waals surface area contributed by atoms with Gasteiger partial charge in [-0.05, 0) is 24.7 Å². The Hall–Kier alpha value is -1.67. The number of benzene rings is 1. The van der Waals surface area contributed by atoms with Crippen molar-refractivity contribution in [2.24, 2.45) is 10.5 Å². The van der Waals surface area contributed by atoms with Crippen molar-refractivity contribution >= 4 is 23.0 Å². The lowest BCUT2D eigenvalue weighted by Crippen LogP contribution is -2.58. The fourth-order valence-corrected chi connectivity index (χ4v) is 2.62. The molecule has 0 spiro atoms. The van der Waals surface area contributed by atoms with Gasteiger partial charge in [-0.3, -0.25) is 0 Å². The Bertz CT molecular complexity index is 680. The summed E-state index contributed by atoms with van der Waals surface area (Å²) in [6.45, 7) is 7.42. The molecule has 1 atom stereocenters. The second-order valence-corrected chi connectivity index (χ2v) is 7.63. The van der Waals surface area contributed by atoms with Crippen molar-refractivity contribution in [1.29, 1.82) is 0 Å². The molecule has 1 unspecified atom stereocenters. The van der Waals surface area contributed by atoms with E-state index in [4.69, 9.17) is 12.2 Å². The Labute approximate surface area is 150 Å². The zero-order valence-corrected chi connectivity index (χ0v) is 15.4. The average molecular weight is 373 g/mol. The van der Waals surface area contributed by atoms with Crippen molar-refractivity contribution in [2.45, 2.75) is 52.6 Å². The highest BCUT2D eigenvalue weighted by Gasteiger charge is 2.63. The molecule has 2 rings (SSSR count). The van der Waals surface area contributed by atoms with Crippen LogP contribution in [0.2, 0.25) is 0 Å². The molecule has 4 nitrogen and oxygen atoms in total. The van der Waals surface area contributed by atoms with E-state index in [0.29, 0.717) is 5.01 Å². The lowest BCUT2D eigenvalue weighted by atomic mass is 9.86. The predicted molar refractivity (Wildman–Crippen MR) is 95.0 cm³/mol. The maximum atomic E-state index is 13.5. The Morgan fingerprint density at radius 3 is 2.32 bits per heavy atom. The molecule has 1 aliphatic heterocycles. The Kier molecular flexibility index (Phi) is 5.16. The van der Waals surface area contributed by atoms with E-state index in [2.05, 4.69) is 10.4 Å². The molecule has 0 aliphatic carbocycles. The van der Waals surface area contributed by atoms with Gasteiger partial charge < -0.3 is 10.4 Å². The molecule has 0 bridgehead atoms. The Morgan fingerprint density at radius 2 is 1.84 bits per heavy atom. The highest BCUT2D eigenvalue weighted by atomic mass is 32.1. The van der Waals surface area contributed by atoms with Gasteiger partial charge in [0.25, 0.3) is 5.72 Å². The number of hydrogen-bond donors (Lipinski definition) is 2. The van der Waals surface area contributed by atoms with Crippen molar-refractivity contribution in [1.82, 2.24) is 10.3 Å². The van der Waals surface area contributed by atoms with Gasteiger partial charge in [0.15, 0.2) is 5.11 Å². The number of nitrogens with zero attached hydrogens (tertiary/aromatic N) is 2. The van der Waals surface area contributed by atoms with E-state index in [1.54, 1.807) is 20.8 Å². The lowest BCUT2D eigenvalue weighted by Gasteiger charge is -2.34. The molecule has 1 heterocycles. The van der Waals surface area contributed by atoms with Gasteiger partial charge in [-0.2, -0.15) is 23.3 Å². The minimum atomic E-state index is -4.89. The van der Waals surface area contributed by atoms with E-state index in [0.717, 1.165) is 11.1 Å². The van der Waals surface area contributed by atoms with E-state index < -0.39 is 23.7 Å². The van der Waals surface area contributed by atoms with Gasteiger partial charge in [0.05, 0.1) is 0 Å². The third kappa shape index (κ3) is 4.12. The summed E-state index contributed by atoms with van der Waals surface area (Å²) >= 11 is 5.08. The first-order valence-electron chi connectivity index (χ1n) is 7.85. The molecular weight excluding hydrogens is 351 g/mol. The fourth-order valence-electron chi connectivity index (χ4n) is 2.35. The molecule has 2 N–H and O–H groups in total. The largest absolute Gasteiger partial charge is 0.438 e. The minimum Gasteiger partial charge on any atom is -0.362 e. The first-order chi connectivity index (χ1) is 11.3. The molecule has 0 saturated carbocycles. The molecule has 138 valence electrons. The average Bonchev–Trinajstić information content (AvgIpc) is 2.85. The maximum Gasteiger partial charge on any atom is 0.438 e. The van der Waals surface area contributed by atoms with Crippen LogP contribution >= 0.6 is 12.2 Å². The quantitative estimate of drug-likeness (QED) is 0.776. The maximum absolute atomic E-state index is 13.5. The van der Waals surface area contributed by atoms with Gasteiger partial charge in [0.2, 0.25) is 0 Å². The van der Waals surface area contributed by atoms with Crippen LogP contribution in [-0.4, -0.2) is 32.8 Å². The number of aliphatic hydroxyl groups is 1. The van der Waals surface area contributed by atoms with Gasteiger partial charge >= 0.3 is 6.18 Å². The summed E-state index contributed by atoms with van der Waals surface area (Å²) in [5, 5.41) is 17.2. The Balaban J connectivity index is 2.21. The molecule has 0 aromatic heterocycles. The second kappa shape index (κ2) is 6.57. The number of thiocarbonyl (C=S) groups is 1. The van der Waals surface area contributed by atoms with Crippen LogP contribution < -0.4 is 5.32 Å². The predicted octanol–water partition coefficient (Wildman–Crippen LogP) is 3.73. The summed E-state index contributed by atoms with van der Waals surface area (Å²) in [6, 6.07) is 7.51. The van der Waals surface area contributed by atoms with Crippen molar-refractivity contribution in [3.8, 4) is 0 Å². The number of alkyl halides is 3. The summed E-state index contributed by atoms with van der Waals surface area (Å²) in [7, 11) is 0. The first-order valence-corrected chi connectivity index (χ1v) is 8.26. The summed E-state index contributed by atoms with van der Waals surface area (Å²) in [5.74, 6) is 0. The molecule has 0 amide bonds. The molecule has 0 saturated heterocycles. The molecule has 0 fully saturated rings. The van der Waals surface area contributed by atoms with Gasteiger partial charge in [0.1, 0.15) is 0 Å². The molecule has 1 aromatic carbocycles. The number of nitrogens with one attached hydrogen (secondary N) is 1. The third-order valence-corrected chi connectivity index (χ3v) is 4.38. The summed E-state index contributed by atoms with van der Waals surface area (Å²) in [4.78, 5) is 0. The van der Waals surface area contributed by atoms with Gasteiger partial charge in [-0.15, -0.1) is 0 Å². The third-order valence-electron chi connectivity index (χ3n) is 4.06. The molecule has 8 heteroatoms. The van der Waals surface area contributed by atoms with E-state index in [1.165, 1.54) is 0 Å². The van der Waals surface area contributed by atoms with Crippen LogP contribution in [0.5, 0.6) is 0 Å². The smallest absolute Gasteiger partial charge is 0.362 e. The number of halogens is 3. The lowest BCUT2D eigenvalue weighted by molar-refractivity contribution is -0.294. The number of hydrogen-bond acceptors (Lipinski definition) is 3. The van der Waals surface area contributed by atoms with Crippen LogP contribution in [0.4, 0.5) is 13.2 Å². The molecule has 25 heavy (non-hydrogen) atoms. The topological polar surface area (TPSA) is 47.9 Å². The monoisotopic (exact) mass is 373 g/mol. The second-order valence-electron chi connectivity index (χ2n) is 7.24. The summed E-state index contributed by atoms with van der Waals surface area (Å²) in [6.07, 6.45) is -5.52. The van der Waals surface area contributed by atoms with Gasteiger partial charge in [-0.25, -0.2) is 0 Å². The van der Waals surface area contributed by atoms with E-state index >= 15 is 0 Å². The van der Waals surface area contributed by atoms with E-state index in [1.807, 2.05) is 31.2 Å². The molecule has 1 aliphatic rings. The standard InChI is InChI=1S/C17H22F3N3OS/c1-11-5-7-12(8-6-11)10-21-14(25)23-16(24,17(18,19)20)9-13(22-23)15(2,3)4/h5-8,24H,9-10H2,1-4H3,(H,21,25). The van der Waals surface area contributed by atoms with Crippen LogP contribution in [0.1, 0.15) is 38.3 Å². The summed E-state index contributed by atoms with van der Waals surface area (Å²) < 4.78 is 40.4. The van der Waals surface area contributed by atoms with E-state index in [-0.39, 0.29) is 17.4 Å². The molecule has 1 aromatic rings. The number of aryl methyl sites for hydroxylation is 1. The van der Waals surface area contributed by atoms with Crippen LogP contribution in [0.3, 0.4) is 0 Å². The van der Waals surface area contributed by atoms with E-state index in [9.17, 15) is 18.3 Å². The molecule has 0 radical (unpaired) electrons. The summed E-state index contributed by atoms with van der Waals surface area (Å²) in [5.41, 5.74) is -1.56. The number of rotatable bonds is 2.